The van der Waals surface area contributed by atoms with Crippen LogP contribution in [0.25, 0.3) is 16.6 Å². The lowest BCUT2D eigenvalue weighted by molar-refractivity contribution is -0.115. The summed E-state index contributed by atoms with van der Waals surface area (Å²) in [6, 6.07) is 17.6. The Labute approximate surface area is 210 Å². The molecule has 0 aliphatic rings. The Hall–Kier alpha value is -5.12. The van der Waals surface area contributed by atoms with Crippen LogP contribution >= 0.6 is 0 Å². The van der Waals surface area contributed by atoms with E-state index in [1.807, 2.05) is 35.0 Å². The molecule has 0 saturated carbocycles. The monoisotopic (exact) mass is 497 g/mol. The minimum atomic E-state index is -0.645. The predicted molar refractivity (Wildman–Crippen MR) is 138 cm³/mol. The van der Waals surface area contributed by atoms with Crippen molar-refractivity contribution < 1.29 is 19.1 Å². The SMILES string of the molecule is COc1ccc(NC(=O)CNC(=O)c2c[nH]c3ccccc3c2=O)cc1OCc1cn2ccccc2n1. The van der Waals surface area contributed by atoms with E-state index in [-0.39, 0.29) is 18.7 Å². The van der Waals surface area contributed by atoms with Gasteiger partial charge in [0.1, 0.15) is 17.8 Å². The first-order valence-corrected chi connectivity index (χ1v) is 11.4. The number of carbonyl (C=O) groups is 2. The third-order valence-corrected chi connectivity index (χ3v) is 5.68. The molecule has 0 atom stereocenters. The number of nitrogens with one attached hydrogen (secondary N) is 3. The van der Waals surface area contributed by atoms with Crippen molar-refractivity contribution in [3.63, 3.8) is 0 Å². The summed E-state index contributed by atoms with van der Waals surface area (Å²) >= 11 is 0. The maximum Gasteiger partial charge on any atom is 0.257 e. The molecule has 0 aliphatic carbocycles. The summed E-state index contributed by atoms with van der Waals surface area (Å²) in [5.41, 5.74) is 2.14. The van der Waals surface area contributed by atoms with Crippen LogP contribution in [0.5, 0.6) is 11.5 Å². The molecule has 37 heavy (non-hydrogen) atoms. The molecule has 10 heteroatoms. The van der Waals surface area contributed by atoms with E-state index in [0.29, 0.717) is 28.1 Å². The van der Waals surface area contributed by atoms with Gasteiger partial charge in [-0.25, -0.2) is 4.98 Å². The van der Waals surface area contributed by atoms with Crippen LogP contribution in [0.2, 0.25) is 0 Å². The maximum atomic E-state index is 12.6. The molecule has 0 saturated heterocycles. The van der Waals surface area contributed by atoms with Crippen molar-refractivity contribution in [2.24, 2.45) is 0 Å². The highest BCUT2D eigenvalue weighted by Gasteiger charge is 2.15. The first kappa shape index (κ1) is 23.6. The van der Waals surface area contributed by atoms with Crippen LogP contribution in [-0.4, -0.2) is 39.8 Å². The zero-order valence-corrected chi connectivity index (χ0v) is 19.9. The molecular weight excluding hydrogens is 474 g/mol. The van der Waals surface area contributed by atoms with Gasteiger partial charge in [0, 0.05) is 41.2 Å². The molecule has 0 radical (unpaired) electrons. The topological polar surface area (TPSA) is 127 Å². The van der Waals surface area contributed by atoms with Crippen LogP contribution in [0.3, 0.4) is 0 Å². The second kappa shape index (κ2) is 10.2. The summed E-state index contributed by atoms with van der Waals surface area (Å²) in [5, 5.41) is 5.59. The van der Waals surface area contributed by atoms with Crippen molar-refractivity contribution in [1.82, 2.24) is 19.7 Å². The zero-order valence-electron chi connectivity index (χ0n) is 19.9. The van der Waals surface area contributed by atoms with Gasteiger partial charge in [-0.1, -0.05) is 18.2 Å². The van der Waals surface area contributed by atoms with Gasteiger partial charge < -0.3 is 29.5 Å². The number of para-hydroxylation sites is 1. The smallest absolute Gasteiger partial charge is 0.257 e. The van der Waals surface area contributed by atoms with E-state index in [1.54, 1.807) is 42.5 Å². The van der Waals surface area contributed by atoms with Crippen molar-refractivity contribution in [3.8, 4) is 11.5 Å². The number of benzene rings is 2. The molecule has 5 rings (SSSR count). The molecule has 186 valence electrons. The number of nitrogens with zero attached hydrogens (tertiary/aromatic N) is 2. The molecule has 0 spiro atoms. The number of H-pyrrole nitrogens is 1. The number of ether oxygens (including phenoxy) is 2. The summed E-state index contributed by atoms with van der Waals surface area (Å²) in [6.45, 7) is -0.125. The lowest BCUT2D eigenvalue weighted by Crippen LogP contribution is -2.35. The van der Waals surface area contributed by atoms with Gasteiger partial charge in [0.25, 0.3) is 5.91 Å². The summed E-state index contributed by atoms with van der Waals surface area (Å²) in [7, 11) is 1.52. The molecule has 3 N–H and O–H groups in total. The van der Waals surface area contributed by atoms with Crippen LogP contribution in [-0.2, 0) is 11.4 Å². The van der Waals surface area contributed by atoms with E-state index < -0.39 is 17.2 Å². The molecule has 0 bridgehead atoms. The van der Waals surface area contributed by atoms with Gasteiger partial charge in [-0.15, -0.1) is 0 Å². The number of aromatic amines is 1. The Morgan fingerprint density at radius 2 is 1.89 bits per heavy atom. The first-order valence-electron chi connectivity index (χ1n) is 11.4. The van der Waals surface area contributed by atoms with Crippen molar-refractivity contribution in [1.29, 1.82) is 0 Å². The highest BCUT2D eigenvalue weighted by atomic mass is 16.5. The fraction of sp³-hybridized carbons (Fsp3) is 0.111. The Morgan fingerprint density at radius 1 is 1.05 bits per heavy atom. The average Bonchev–Trinajstić information content (AvgIpc) is 3.34. The minimum Gasteiger partial charge on any atom is -0.493 e. The van der Waals surface area contributed by atoms with Crippen LogP contribution in [0.4, 0.5) is 5.69 Å². The average molecular weight is 498 g/mol. The van der Waals surface area contributed by atoms with E-state index in [4.69, 9.17) is 9.47 Å². The second-order valence-corrected chi connectivity index (χ2v) is 8.16. The van der Waals surface area contributed by atoms with Gasteiger partial charge in [0.15, 0.2) is 11.5 Å². The third kappa shape index (κ3) is 5.13. The molecule has 0 unspecified atom stereocenters. The number of hydrogen-bond acceptors (Lipinski definition) is 6. The summed E-state index contributed by atoms with van der Waals surface area (Å²) in [5.74, 6) is -0.204. The molecular formula is C27H23N5O5. The molecule has 2 aromatic carbocycles. The van der Waals surface area contributed by atoms with Gasteiger partial charge in [-0.2, -0.15) is 0 Å². The summed E-state index contributed by atoms with van der Waals surface area (Å²) in [6.07, 6.45) is 5.11. The number of imidazole rings is 1. The predicted octanol–water partition coefficient (Wildman–Crippen LogP) is 3.13. The third-order valence-electron chi connectivity index (χ3n) is 5.68. The molecule has 0 aliphatic heterocycles. The van der Waals surface area contributed by atoms with E-state index in [1.165, 1.54) is 13.3 Å². The quantitative estimate of drug-likeness (QED) is 0.302. The Morgan fingerprint density at radius 3 is 2.73 bits per heavy atom. The molecule has 2 amide bonds. The molecule has 5 aromatic rings. The fourth-order valence-electron chi connectivity index (χ4n) is 3.87. The number of anilines is 1. The van der Waals surface area contributed by atoms with Gasteiger partial charge in [-0.3, -0.25) is 14.4 Å². The Kier molecular flexibility index (Phi) is 6.54. The summed E-state index contributed by atoms with van der Waals surface area (Å²) in [4.78, 5) is 45.1. The number of amides is 2. The van der Waals surface area contributed by atoms with Gasteiger partial charge >= 0.3 is 0 Å². The molecule has 10 nitrogen and oxygen atoms in total. The Bertz CT molecular complexity index is 1640. The molecule has 3 heterocycles. The van der Waals surface area contributed by atoms with Crippen molar-refractivity contribution in [2.75, 3.05) is 19.0 Å². The second-order valence-electron chi connectivity index (χ2n) is 8.16. The Balaban J connectivity index is 1.22. The maximum absolute atomic E-state index is 12.6. The van der Waals surface area contributed by atoms with Crippen LogP contribution in [0.15, 0.2) is 84.0 Å². The normalized spacial score (nSPS) is 10.8. The van der Waals surface area contributed by atoms with Crippen LogP contribution in [0, 0.1) is 0 Å². The number of methoxy groups -OCH3 is 1. The molecule has 0 fully saturated rings. The number of pyridine rings is 2. The number of carbonyl (C=O) groups excluding carboxylic acids is 2. The van der Waals surface area contributed by atoms with Crippen molar-refractivity contribution >= 4 is 34.1 Å². The standard InChI is InChI=1S/C27H23N5O5/c1-36-22-10-9-17(12-23(22)37-16-18-15-32-11-5-4-8-24(32)30-18)31-25(33)14-29-27(35)20-13-28-21-7-3-2-6-19(21)26(20)34/h2-13,15H,14,16H2,1H3,(H,28,34)(H,29,35)(H,31,33). The van der Waals surface area contributed by atoms with E-state index >= 15 is 0 Å². The number of rotatable bonds is 8. The van der Waals surface area contributed by atoms with Gasteiger partial charge in [-0.05, 0) is 36.4 Å². The largest absolute Gasteiger partial charge is 0.493 e. The highest BCUT2D eigenvalue weighted by molar-refractivity contribution is 6.00. The zero-order chi connectivity index (χ0) is 25.8. The lowest BCUT2D eigenvalue weighted by atomic mass is 10.1. The summed E-state index contributed by atoms with van der Waals surface area (Å²) < 4.78 is 13.2. The van der Waals surface area contributed by atoms with Crippen LogP contribution in [0.1, 0.15) is 16.1 Å². The number of aromatic nitrogens is 3. The van der Waals surface area contributed by atoms with Gasteiger partial charge in [0.05, 0.1) is 19.3 Å². The van der Waals surface area contributed by atoms with E-state index in [9.17, 15) is 14.4 Å². The van der Waals surface area contributed by atoms with Crippen molar-refractivity contribution in [2.45, 2.75) is 6.61 Å². The van der Waals surface area contributed by atoms with Crippen LogP contribution < -0.4 is 25.5 Å². The lowest BCUT2D eigenvalue weighted by Gasteiger charge is -2.12. The van der Waals surface area contributed by atoms with Gasteiger partial charge in [0.2, 0.25) is 11.3 Å². The number of hydrogen-bond donors (Lipinski definition) is 3. The number of fused-ring (bicyclic) bond motifs is 2. The van der Waals surface area contributed by atoms with E-state index in [2.05, 4.69) is 20.6 Å². The molecule has 3 aromatic heterocycles. The van der Waals surface area contributed by atoms with E-state index in [0.717, 1.165) is 11.3 Å². The highest BCUT2D eigenvalue weighted by Crippen LogP contribution is 2.31. The van der Waals surface area contributed by atoms with Crippen molar-refractivity contribution in [3.05, 3.63) is 101 Å². The minimum absolute atomic E-state index is 0.0708. The first-order chi connectivity index (χ1) is 18.0. The fourth-order valence-corrected chi connectivity index (χ4v) is 3.87.